The van der Waals surface area contributed by atoms with Crippen LogP contribution in [0.2, 0.25) is 0 Å². The number of carbonyl (C=O) groups excluding carboxylic acids is 1. The summed E-state index contributed by atoms with van der Waals surface area (Å²) in [5.41, 5.74) is 6.71. The smallest absolute Gasteiger partial charge is 0.265 e. The fourth-order valence-electron chi connectivity index (χ4n) is 2.59. The van der Waals surface area contributed by atoms with E-state index >= 15 is 0 Å². The molecule has 2 aromatic heterocycles. The zero-order valence-electron chi connectivity index (χ0n) is 12.3. The normalized spacial score (nSPS) is 19.0. The highest BCUT2D eigenvalue weighted by Crippen LogP contribution is 2.30. The Labute approximate surface area is 127 Å². The van der Waals surface area contributed by atoms with E-state index in [1.54, 1.807) is 0 Å². The molecule has 0 radical (unpaired) electrons. The van der Waals surface area contributed by atoms with Crippen molar-refractivity contribution in [3.05, 3.63) is 28.5 Å². The molecule has 0 spiro atoms. The second-order valence-electron chi connectivity index (χ2n) is 5.50. The molecule has 0 bridgehead atoms. The van der Waals surface area contributed by atoms with Gasteiger partial charge in [0.1, 0.15) is 10.6 Å². The Morgan fingerprint density at radius 1 is 1.48 bits per heavy atom. The maximum Gasteiger partial charge on any atom is 0.265 e. The fourth-order valence-corrected chi connectivity index (χ4v) is 3.58. The van der Waals surface area contributed by atoms with Gasteiger partial charge in [0, 0.05) is 19.1 Å². The van der Waals surface area contributed by atoms with Gasteiger partial charge in [-0.05, 0) is 38.8 Å². The van der Waals surface area contributed by atoms with Gasteiger partial charge in [0.05, 0.1) is 5.69 Å². The first-order valence-corrected chi connectivity index (χ1v) is 7.95. The highest BCUT2D eigenvalue weighted by molar-refractivity contribution is 7.17. The van der Waals surface area contributed by atoms with Crippen LogP contribution in [0, 0.1) is 13.8 Å². The van der Waals surface area contributed by atoms with Gasteiger partial charge >= 0.3 is 0 Å². The third-order valence-electron chi connectivity index (χ3n) is 3.69. The first-order valence-electron chi connectivity index (χ1n) is 7.13. The number of aryl methyl sites for hydroxylation is 2. The van der Waals surface area contributed by atoms with Gasteiger partial charge in [-0.3, -0.25) is 4.79 Å². The Bertz CT molecular complexity index is 662. The minimum absolute atomic E-state index is 0.0367. The number of hydrogen-bond donors (Lipinski definition) is 1. The summed E-state index contributed by atoms with van der Waals surface area (Å²) in [4.78, 5) is 19.6. The molecule has 3 rings (SSSR count). The predicted octanol–water partition coefficient (Wildman–Crippen LogP) is 2.58. The van der Waals surface area contributed by atoms with E-state index in [-0.39, 0.29) is 11.9 Å². The van der Waals surface area contributed by atoms with E-state index in [0.29, 0.717) is 11.4 Å². The number of rotatable bonds is 2. The molecule has 0 aliphatic carbocycles. The summed E-state index contributed by atoms with van der Waals surface area (Å²) >= 11 is 1.39. The summed E-state index contributed by atoms with van der Waals surface area (Å²) in [6, 6.07) is 3.87. The van der Waals surface area contributed by atoms with Crippen LogP contribution in [-0.4, -0.2) is 34.9 Å². The fraction of sp³-hybridized carbons (Fsp3) is 0.467. The number of nitrogens with two attached hydrogens (primary N) is 1. The Morgan fingerprint density at radius 3 is 2.95 bits per heavy atom. The highest BCUT2D eigenvalue weighted by atomic mass is 32.1. The molecule has 21 heavy (non-hydrogen) atoms. The maximum absolute atomic E-state index is 12.6. The van der Waals surface area contributed by atoms with E-state index < -0.39 is 0 Å². The lowest BCUT2D eigenvalue weighted by atomic mass is 10.1. The third-order valence-corrected chi connectivity index (χ3v) is 4.85. The topological polar surface area (TPSA) is 72.4 Å². The molecule has 0 saturated carbocycles. The van der Waals surface area contributed by atoms with Gasteiger partial charge in [-0.15, -0.1) is 11.3 Å². The molecule has 1 saturated heterocycles. The molecular formula is C15H19N3O2S. The van der Waals surface area contributed by atoms with Crippen molar-refractivity contribution in [3.8, 4) is 10.8 Å². The summed E-state index contributed by atoms with van der Waals surface area (Å²) < 4.78 is 5.58. The van der Waals surface area contributed by atoms with Crippen molar-refractivity contribution < 1.29 is 9.21 Å². The van der Waals surface area contributed by atoms with Crippen LogP contribution in [0.4, 0.5) is 0 Å². The van der Waals surface area contributed by atoms with Gasteiger partial charge in [-0.2, -0.15) is 0 Å². The molecule has 1 atom stereocenters. The molecule has 112 valence electrons. The quantitative estimate of drug-likeness (QED) is 0.925. The number of piperidine rings is 1. The molecule has 0 aromatic carbocycles. The molecule has 2 N–H and O–H groups in total. The molecule has 0 unspecified atom stereocenters. The van der Waals surface area contributed by atoms with Crippen LogP contribution in [0.15, 0.2) is 16.5 Å². The molecule has 1 fully saturated rings. The van der Waals surface area contributed by atoms with Gasteiger partial charge < -0.3 is 15.1 Å². The van der Waals surface area contributed by atoms with E-state index in [4.69, 9.17) is 10.2 Å². The lowest BCUT2D eigenvalue weighted by Crippen LogP contribution is -2.45. The van der Waals surface area contributed by atoms with E-state index in [0.717, 1.165) is 41.6 Å². The standard InChI is InChI=1S/C15H19N3O2S/c1-9-5-6-12(20-9)14-17-10(2)13(21-14)15(19)18-7-3-4-11(16)8-18/h5-6,11H,3-4,7-8,16H2,1-2H3/t11-/m1/s1. The Kier molecular flexibility index (Phi) is 3.82. The lowest BCUT2D eigenvalue weighted by Gasteiger charge is -2.30. The van der Waals surface area contributed by atoms with Crippen LogP contribution in [0.3, 0.4) is 0 Å². The van der Waals surface area contributed by atoms with Gasteiger partial charge in [0.15, 0.2) is 10.8 Å². The summed E-state index contributed by atoms with van der Waals surface area (Å²) in [7, 11) is 0. The summed E-state index contributed by atoms with van der Waals surface area (Å²) in [5.74, 6) is 1.59. The van der Waals surface area contributed by atoms with Crippen LogP contribution in [0.5, 0.6) is 0 Å². The molecule has 1 aliphatic rings. The third kappa shape index (κ3) is 2.87. The summed E-state index contributed by atoms with van der Waals surface area (Å²) in [6.07, 6.45) is 1.96. The van der Waals surface area contributed by atoms with E-state index in [1.807, 2.05) is 30.9 Å². The van der Waals surface area contributed by atoms with Crippen LogP contribution in [-0.2, 0) is 0 Å². The Hall–Kier alpha value is -1.66. The average molecular weight is 305 g/mol. The molecule has 3 heterocycles. The van der Waals surface area contributed by atoms with Crippen LogP contribution < -0.4 is 5.73 Å². The van der Waals surface area contributed by atoms with Crippen LogP contribution >= 0.6 is 11.3 Å². The molecule has 1 aliphatic heterocycles. The average Bonchev–Trinajstić information content (AvgIpc) is 3.04. The molecule has 2 aromatic rings. The second-order valence-corrected chi connectivity index (χ2v) is 6.50. The van der Waals surface area contributed by atoms with Crippen molar-refractivity contribution >= 4 is 17.2 Å². The molecule has 6 heteroatoms. The minimum atomic E-state index is 0.0367. The zero-order chi connectivity index (χ0) is 15.0. The first kappa shape index (κ1) is 14.3. The van der Waals surface area contributed by atoms with Gasteiger partial charge in [-0.25, -0.2) is 4.98 Å². The van der Waals surface area contributed by atoms with Crippen LogP contribution in [0.25, 0.3) is 10.8 Å². The maximum atomic E-state index is 12.6. The van der Waals surface area contributed by atoms with Gasteiger partial charge in [-0.1, -0.05) is 0 Å². The number of aromatic nitrogens is 1. The number of likely N-dealkylation sites (tertiary alicyclic amines) is 1. The lowest BCUT2D eigenvalue weighted by molar-refractivity contribution is 0.0713. The first-order chi connectivity index (χ1) is 10.0. The number of furan rings is 1. The number of nitrogens with zero attached hydrogens (tertiary/aromatic N) is 2. The highest BCUT2D eigenvalue weighted by Gasteiger charge is 2.26. The molecule has 1 amide bonds. The number of amides is 1. The number of thiazole rings is 1. The summed E-state index contributed by atoms with van der Waals surface area (Å²) in [5, 5.41) is 0.755. The van der Waals surface area contributed by atoms with Crippen molar-refractivity contribution in [2.24, 2.45) is 5.73 Å². The predicted molar refractivity (Wildman–Crippen MR) is 82.4 cm³/mol. The number of hydrogen-bond acceptors (Lipinski definition) is 5. The van der Waals surface area contributed by atoms with Gasteiger partial charge in [0.25, 0.3) is 5.91 Å². The largest absolute Gasteiger partial charge is 0.459 e. The molecular weight excluding hydrogens is 286 g/mol. The molecule has 5 nitrogen and oxygen atoms in total. The van der Waals surface area contributed by atoms with E-state index in [1.165, 1.54) is 11.3 Å². The zero-order valence-corrected chi connectivity index (χ0v) is 13.1. The van der Waals surface area contributed by atoms with E-state index in [9.17, 15) is 4.79 Å². The van der Waals surface area contributed by atoms with Crippen molar-refractivity contribution in [3.63, 3.8) is 0 Å². The van der Waals surface area contributed by atoms with Crippen LogP contribution in [0.1, 0.15) is 34.0 Å². The van der Waals surface area contributed by atoms with Gasteiger partial charge in [0.2, 0.25) is 0 Å². The number of carbonyl (C=O) groups is 1. The van der Waals surface area contributed by atoms with Crippen molar-refractivity contribution in [1.82, 2.24) is 9.88 Å². The second kappa shape index (κ2) is 5.61. The van der Waals surface area contributed by atoms with Crippen molar-refractivity contribution in [2.75, 3.05) is 13.1 Å². The van der Waals surface area contributed by atoms with Crippen molar-refractivity contribution in [1.29, 1.82) is 0 Å². The summed E-state index contributed by atoms with van der Waals surface area (Å²) in [6.45, 7) is 5.17. The van der Waals surface area contributed by atoms with E-state index in [2.05, 4.69) is 4.98 Å². The van der Waals surface area contributed by atoms with Crippen molar-refractivity contribution in [2.45, 2.75) is 32.7 Å². The SMILES string of the molecule is Cc1ccc(-c2nc(C)c(C(=O)N3CCC[C@@H](N)C3)s2)o1. The Morgan fingerprint density at radius 2 is 2.29 bits per heavy atom. The minimum Gasteiger partial charge on any atom is -0.459 e. The Balaban J connectivity index is 1.85. The monoisotopic (exact) mass is 305 g/mol.